The van der Waals surface area contributed by atoms with E-state index in [2.05, 4.69) is 20.8 Å². The summed E-state index contributed by atoms with van der Waals surface area (Å²) in [6.07, 6.45) is 3.20. The molecule has 0 spiro atoms. The molecule has 3 nitrogen and oxygen atoms in total. The van der Waals surface area contributed by atoms with E-state index >= 15 is 0 Å². The monoisotopic (exact) mass is 277 g/mol. The Hall–Kier alpha value is -1.51. The van der Waals surface area contributed by atoms with E-state index in [4.69, 9.17) is 4.74 Å². The van der Waals surface area contributed by atoms with Crippen LogP contribution in [0, 0.1) is 5.92 Å². The van der Waals surface area contributed by atoms with E-state index in [1.54, 1.807) is 4.90 Å². The molecule has 0 heterocycles. The van der Waals surface area contributed by atoms with E-state index in [0.29, 0.717) is 5.92 Å². The second-order valence-electron chi connectivity index (χ2n) is 5.64. The van der Waals surface area contributed by atoms with Gasteiger partial charge in [0.1, 0.15) is 5.75 Å². The molecule has 0 fully saturated rings. The maximum Gasteiger partial charge on any atom is 0.253 e. The molecule has 1 aromatic carbocycles. The molecule has 0 bridgehead atoms. The molecular weight excluding hydrogens is 250 g/mol. The second kappa shape index (κ2) is 8.62. The van der Waals surface area contributed by atoms with Gasteiger partial charge in [0.05, 0.1) is 6.61 Å². The summed E-state index contributed by atoms with van der Waals surface area (Å²) >= 11 is 0. The van der Waals surface area contributed by atoms with Gasteiger partial charge in [-0.05, 0) is 43.0 Å². The number of benzene rings is 1. The lowest BCUT2D eigenvalue weighted by Crippen LogP contribution is -2.28. The number of nitrogens with zero attached hydrogens (tertiary/aromatic N) is 1. The maximum atomic E-state index is 12.2. The van der Waals surface area contributed by atoms with Gasteiger partial charge in [-0.3, -0.25) is 4.79 Å². The Bertz CT molecular complexity index is 398. The van der Waals surface area contributed by atoms with Gasteiger partial charge in [0.15, 0.2) is 0 Å². The molecule has 0 atom stereocenters. The van der Waals surface area contributed by atoms with Crippen LogP contribution in [0.3, 0.4) is 0 Å². The van der Waals surface area contributed by atoms with Gasteiger partial charge in [-0.25, -0.2) is 0 Å². The fourth-order valence-corrected chi connectivity index (χ4v) is 1.80. The molecule has 0 saturated carbocycles. The zero-order valence-electron chi connectivity index (χ0n) is 13.2. The minimum atomic E-state index is 0.0748. The molecule has 112 valence electrons. The SMILES string of the molecule is CCCCOc1ccc(C(=O)N(C)CCC(C)C)cc1. The highest BCUT2D eigenvalue weighted by atomic mass is 16.5. The first-order chi connectivity index (χ1) is 9.54. The van der Waals surface area contributed by atoms with Crippen LogP contribution in [0.1, 0.15) is 50.4 Å². The van der Waals surface area contributed by atoms with Crippen LogP contribution in [0.4, 0.5) is 0 Å². The van der Waals surface area contributed by atoms with Crippen LogP contribution < -0.4 is 4.74 Å². The van der Waals surface area contributed by atoms with E-state index < -0.39 is 0 Å². The van der Waals surface area contributed by atoms with E-state index in [-0.39, 0.29) is 5.91 Å². The Morgan fingerprint density at radius 3 is 2.45 bits per heavy atom. The number of hydrogen-bond acceptors (Lipinski definition) is 2. The minimum absolute atomic E-state index is 0.0748. The highest BCUT2D eigenvalue weighted by Crippen LogP contribution is 2.14. The van der Waals surface area contributed by atoms with Gasteiger partial charge < -0.3 is 9.64 Å². The molecule has 0 saturated heterocycles. The Kier molecular flexibility index (Phi) is 7.13. The molecule has 20 heavy (non-hydrogen) atoms. The normalized spacial score (nSPS) is 10.7. The van der Waals surface area contributed by atoms with Gasteiger partial charge >= 0.3 is 0 Å². The van der Waals surface area contributed by atoms with Crippen molar-refractivity contribution in [3.05, 3.63) is 29.8 Å². The number of carbonyl (C=O) groups is 1. The molecule has 0 aliphatic carbocycles. The van der Waals surface area contributed by atoms with Crippen molar-refractivity contribution in [1.82, 2.24) is 4.90 Å². The van der Waals surface area contributed by atoms with Gasteiger partial charge in [-0.15, -0.1) is 0 Å². The molecule has 0 N–H and O–H groups in total. The predicted molar refractivity (Wildman–Crippen MR) is 83.3 cm³/mol. The van der Waals surface area contributed by atoms with Gasteiger partial charge in [-0.2, -0.15) is 0 Å². The highest BCUT2D eigenvalue weighted by molar-refractivity contribution is 5.94. The van der Waals surface area contributed by atoms with Crippen LogP contribution in [-0.4, -0.2) is 31.0 Å². The molecule has 0 aromatic heterocycles. The third kappa shape index (κ3) is 5.64. The molecule has 0 radical (unpaired) electrons. The summed E-state index contributed by atoms with van der Waals surface area (Å²) in [5, 5.41) is 0. The molecule has 0 aliphatic rings. The number of hydrogen-bond donors (Lipinski definition) is 0. The lowest BCUT2D eigenvalue weighted by molar-refractivity contribution is 0.0789. The summed E-state index contributed by atoms with van der Waals surface area (Å²) in [4.78, 5) is 14.0. The van der Waals surface area contributed by atoms with Crippen molar-refractivity contribution in [3.8, 4) is 5.75 Å². The largest absolute Gasteiger partial charge is 0.494 e. The fraction of sp³-hybridized carbons (Fsp3) is 0.588. The number of ether oxygens (including phenoxy) is 1. The van der Waals surface area contributed by atoms with Crippen molar-refractivity contribution in [1.29, 1.82) is 0 Å². The zero-order chi connectivity index (χ0) is 15.0. The minimum Gasteiger partial charge on any atom is -0.494 e. The fourth-order valence-electron chi connectivity index (χ4n) is 1.80. The summed E-state index contributed by atoms with van der Waals surface area (Å²) < 4.78 is 5.60. The number of carbonyl (C=O) groups excluding carboxylic acids is 1. The zero-order valence-corrected chi connectivity index (χ0v) is 13.2. The summed E-state index contributed by atoms with van der Waals surface area (Å²) in [5.74, 6) is 1.52. The van der Waals surface area contributed by atoms with Gasteiger partial charge in [0, 0.05) is 19.2 Å². The topological polar surface area (TPSA) is 29.5 Å². The number of amides is 1. The van der Waals surface area contributed by atoms with E-state index in [0.717, 1.165) is 43.7 Å². The highest BCUT2D eigenvalue weighted by Gasteiger charge is 2.11. The van der Waals surface area contributed by atoms with Crippen molar-refractivity contribution in [2.75, 3.05) is 20.2 Å². The first-order valence-electron chi connectivity index (χ1n) is 7.53. The first-order valence-corrected chi connectivity index (χ1v) is 7.53. The van der Waals surface area contributed by atoms with Crippen LogP contribution in [-0.2, 0) is 0 Å². The molecule has 1 rings (SSSR count). The van der Waals surface area contributed by atoms with Crippen LogP contribution >= 0.6 is 0 Å². The quantitative estimate of drug-likeness (QED) is 0.673. The lowest BCUT2D eigenvalue weighted by atomic mass is 10.1. The van der Waals surface area contributed by atoms with Gasteiger partial charge in [0.25, 0.3) is 5.91 Å². The molecule has 0 aliphatic heterocycles. The van der Waals surface area contributed by atoms with Crippen molar-refractivity contribution in [2.45, 2.75) is 40.0 Å². The Labute approximate surface area is 122 Å². The molecule has 3 heteroatoms. The standard InChI is InChI=1S/C17H27NO2/c1-5-6-13-20-16-9-7-15(8-10-16)17(19)18(4)12-11-14(2)3/h7-10,14H,5-6,11-13H2,1-4H3. The van der Waals surface area contributed by atoms with Gasteiger partial charge in [0.2, 0.25) is 0 Å². The molecule has 1 amide bonds. The number of unbranched alkanes of at least 4 members (excludes halogenated alkanes) is 1. The third-order valence-electron chi connectivity index (χ3n) is 3.26. The maximum absolute atomic E-state index is 12.2. The van der Waals surface area contributed by atoms with Gasteiger partial charge in [-0.1, -0.05) is 27.2 Å². The summed E-state index contributed by atoms with van der Waals surface area (Å²) in [5.41, 5.74) is 0.721. The second-order valence-corrected chi connectivity index (χ2v) is 5.64. The van der Waals surface area contributed by atoms with E-state index in [1.807, 2.05) is 31.3 Å². The van der Waals surface area contributed by atoms with E-state index in [1.165, 1.54) is 0 Å². The Balaban J connectivity index is 2.52. The number of rotatable bonds is 8. The van der Waals surface area contributed by atoms with Crippen LogP contribution in [0.15, 0.2) is 24.3 Å². The molecule has 1 aromatic rings. The van der Waals surface area contributed by atoms with Crippen molar-refractivity contribution in [2.24, 2.45) is 5.92 Å². The summed E-state index contributed by atoms with van der Waals surface area (Å²) in [6, 6.07) is 7.43. The summed E-state index contributed by atoms with van der Waals surface area (Å²) in [6.45, 7) is 8.00. The Morgan fingerprint density at radius 1 is 1.25 bits per heavy atom. The molecule has 0 unspecified atom stereocenters. The summed E-state index contributed by atoms with van der Waals surface area (Å²) in [7, 11) is 1.86. The van der Waals surface area contributed by atoms with Crippen LogP contribution in [0.25, 0.3) is 0 Å². The smallest absolute Gasteiger partial charge is 0.253 e. The van der Waals surface area contributed by atoms with Crippen molar-refractivity contribution in [3.63, 3.8) is 0 Å². The lowest BCUT2D eigenvalue weighted by Gasteiger charge is -2.18. The third-order valence-corrected chi connectivity index (χ3v) is 3.26. The van der Waals surface area contributed by atoms with Crippen LogP contribution in [0.5, 0.6) is 5.75 Å². The first kappa shape index (κ1) is 16.5. The van der Waals surface area contributed by atoms with Crippen LogP contribution in [0.2, 0.25) is 0 Å². The van der Waals surface area contributed by atoms with E-state index in [9.17, 15) is 4.79 Å². The Morgan fingerprint density at radius 2 is 1.90 bits per heavy atom. The predicted octanol–water partition coefficient (Wildman–Crippen LogP) is 3.98. The average Bonchev–Trinajstić information content (AvgIpc) is 2.45. The molecular formula is C17H27NO2. The van der Waals surface area contributed by atoms with Crippen molar-refractivity contribution < 1.29 is 9.53 Å². The van der Waals surface area contributed by atoms with Crippen molar-refractivity contribution >= 4 is 5.91 Å². The average molecular weight is 277 g/mol.